The fourth-order valence-corrected chi connectivity index (χ4v) is 3.11. The highest BCUT2D eigenvalue weighted by atomic mass is 31.2. The monoisotopic (exact) mass is 350 g/mol. The molecule has 2 heterocycles. The average Bonchev–Trinajstić information content (AvgIpc) is 2.85. The zero-order chi connectivity index (χ0) is 17.4. The minimum absolute atomic E-state index is 0.265. The van der Waals surface area contributed by atoms with Gasteiger partial charge in [-0.3, -0.25) is 18.9 Å². The van der Waals surface area contributed by atoms with Gasteiger partial charge in [0.15, 0.2) is 0 Å². The van der Waals surface area contributed by atoms with Crippen molar-refractivity contribution in [3.63, 3.8) is 0 Å². The van der Waals surface area contributed by atoms with Crippen molar-refractivity contribution in [2.45, 2.75) is 44.8 Å². The van der Waals surface area contributed by atoms with Crippen LogP contribution in [0.25, 0.3) is 0 Å². The SMILES string of the molecule is CO[C@@H]1C[C@H](n2cc(C)c(=O)[nH]c2=O)OC1[C@@H](C)OP(=O)(O)O. The molecule has 4 atom stereocenters. The van der Waals surface area contributed by atoms with Gasteiger partial charge in [0.05, 0.1) is 12.2 Å². The van der Waals surface area contributed by atoms with E-state index in [4.69, 9.17) is 19.3 Å². The third-order valence-electron chi connectivity index (χ3n) is 3.64. The molecule has 11 heteroatoms. The first kappa shape index (κ1) is 18.1. The molecule has 23 heavy (non-hydrogen) atoms. The van der Waals surface area contributed by atoms with Crippen LogP contribution < -0.4 is 11.2 Å². The summed E-state index contributed by atoms with van der Waals surface area (Å²) in [4.78, 5) is 43.3. The molecule has 1 aromatic rings. The standard InChI is InChI=1S/C12H19N2O8P/c1-6-5-14(12(16)13-11(6)15)9-4-8(20-3)10(21-9)7(2)22-23(17,18)19/h5,7-10H,4H2,1-3H3,(H,13,15,16)(H2,17,18,19)/t7-,8-,9-,10?/m1/s1. The van der Waals surface area contributed by atoms with Crippen LogP contribution in [0.2, 0.25) is 0 Å². The van der Waals surface area contributed by atoms with E-state index in [1.165, 1.54) is 24.8 Å². The molecule has 1 aliphatic heterocycles. The predicted molar refractivity (Wildman–Crippen MR) is 78.0 cm³/mol. The number of phosphoric acid groups is 1. The number of aromatic nitrogens is 2. The molecule has 1 aliphatic rings. The summed E-state index contributed by atoms with van der Waals surface area (Å²) in [5.41, 5.74) is -0.780. The highest BCUT2D eigenvalue weighted by Gasteiger charge is 2.42. The fourth-order valence-electron chi connectivity index (χ4n) is 2.56. The number of rotatable bonds is 5. The number of aryl methyl sites for hydroxylation is 1. The molecular formula is C12H19N2O8P. The normalized spacial score (nSPS) is 26.4. The molecule has 0 bridgehead atoms. The summed E-state index contributed by atoms with van der Waals surface area (Å²) in [5, 5.41) is 0. The molecule has 10 nitrogen and oxygen atoms in total. The number of phosphoric ester groups is 1. The van der Waals surface area contributed by atoms with Crippen LogP contribution in [0, 0.1) is 6.92 Å². The summed E-state index contributed by atoms with van der Waals surface area (Å²) in [6.07, 6.45) is -1.37. The van der Waals surface area contributed by atoms with Gasteiger partial charge in [-0.15, -0.1) is 0 Å². The van der Waals surface area contributed by atoms with Crippen molar-refractivity contribution in [3.8, 4) is 0 Å². The fraction of sp³-hybridized carbons (Fsp3) is 0.667. The Labute approximate surface area is 131 Å². The Morgan fingerprint density at radius 3 is 2.70 bits per heavy atom. The molecule has 1 fully saturated rings. The van der Waals surface area contributed by atoms with Gasteiger partial charge in [0.25, 0.3) is 5.56 Å². The highest BCUT2D eigenvalue weighted by Crippen LogP contribution is 2.41. The lowest BCUT2D eigenvalue weighted by Gasteiger charge is -2.24. The Morgan fingerprint density at radius 2 is 2.13 bits per heavy atom. The Bertz CT molecular complexity index is 723. The van der Waals surface area contributed by atoms with Crippen molar-refractivity contribution in [2.24, 2.45) is 0 Å². The van der Waals surface area contributed by atoms with Gasteiger partial charge in [0, 0.05) is 25.3 Å². The first-order chi connectivity index (χ1) is 10.6. The lowest BCUT2D eigenvalue weighted by atomic mass is 10.1. The molecule has 0 radical (unpaired) electrons. The van der Waals surface area contributed by atoms with Gasteiger partial charge in [-0.25, -0.2) is 9.36 Å². The summed E-state index contributed by atoms with van der Waals surface area (Å²) in [6.45, 7) is 2.99. The van der Waals surface area contributed by atoms with Crippen LogP contribution in [0.5, 0.6) is 0 Å². The molecule has 3 N–H and O–H groups in total. The molecule has 1 saturated heterocycles. The van der Waals surface area contributed by atoms with Gasteiger partial charge < -0.3 is 19.3 Å². The van der Waals surface area contributed by atoms with Crippen molar-refractivity contribution in [2.75, 3.05) is 7.11 Å². The van der Waals surface area contributed by atoms with Crippen LogP contribution in [0.15, 0.2) is 15.8 Å². The largest absolute Gasteiger partial charge is 0.469 e. The molecule has 2 rings (SSSR count). The predicted octanol–water partition coefficient (Wildman–Crippen LogP) is -0.355. The van der Waals surface area contributed by atoms with Gasteiger partial charge in [-0.05, 0) is 13.8 Å². The molecule has 130 valence electrons. The smallest absolute Gasteiger partial charge is 0.378 e. The summed E-state index contributed by atoms with van der Waals surface area (Å²) in [7, 11) is -3.25. The molecule has 1 unspecified atom stereocenters. The maximum absolute atomic E-state index is 11.9. The van der Waals surface area contributed by atoms with Gasteiger partial charge in [-0.1, -0.05) is 0 Å². The summed E-state index contributed by atoms with van der Waals surface area (Å²) in [6, 6.07) is 0. The van der Waals surface area contributed by atoms with Gasteiger partial charge in [0.2, 0.25) is 0 Å². The van der Waals surface area contributed by atoms with Crippen molar-refractivity contribution >= 4 is 7.82 Å². The molecule has 0 amide bonds. The maximum atomic E-state index is 11.9. The molecular weight excluding hydrogens is 331 g/mol. The average molecular weight is 350 g/mol. The summed E-state index contributed by atoms with van der Waals surface area (Å²) in [5.74, 6) is 0. The molecule has 0 saturated carbocycles. The lowest BCUT2D eigenvalue weighted by Crippen LogP contribution is -2.35. The number of methoxy groups -OCH3 is 1. The second-order valence-electron chi connectivity index (χ2n) is 5.34. The van der Waals surface area contributed by atoms with Crippen LogP contribution in [0.3, 0.4) is 0 Å². The number of aromatic amines is 1. The summed E-state index contributed by atoms with van der Waals surface area (Å²) >= 11 is 0. The number of hydrogen-bond donors (Lipinski definition) is 3. The first-order valence-corrected chi connectivity index (χ1v) is 8.39. The number of H-pyrrole nitrogens is 1. The minimum atomic E-state index is -4.68. The third-order valence-corrected chi connectivity index (χ3v) is 4.25. The van der Waals surface area contributed by atoms with Crippen LogP contribution in [-0.4, -0.2) is 44.8 Å². The second-order valence-corrected chi connectivity index (χ2v) is 6.54. The Kier molecular flexibility index (Phi) is 5.24. The molecule has 1 aromatic heterocycles. The topological polar surface area (TPSA) is 140 Å². The van der Waals surface area contributed by atoms with Gasteiger partial charge in [0.1, 0.15) is 12.3 Å². The quantitative estimate of drug-likeness (QED) is 0.612. The first-order valence-electron chi connectivity index (χ1n) is 6.86. The van der Waals surface area contributed by atoms with Crippen molar-refractivity contribution in [1.29, 1.82) is 0 Å². The third kappa shape index (κ3) is 4.17. The highest BCUT2D eigenvalue weighted by molar-refractivity contribution is 7.46. The van der Waals surface area contributed by atoms with E-state index in [0.29, 0.717) is 5.56 Å². The van der Waals surface area contributed by atoms with Gasteiger partial charge in [-0.2, -0.15) is 0 Å². The zero-order valence-corrected chi connectivity index (χ0v) is 13.7. The van der Waals surface area contributed by atoms with E-state index in [1.54, 1.807) is 6.92 Å². The minimum Gasteiger partial charge on any atom is -0.378 e. The summed E-state index contributed by atoms with van der Waals surface area (Å²) < 4.78 is 27.7. The lowest BCUT2D eigenvalue weighted by molar-refractivity contribution is -0.0815. The number of nitrogens with zero attached hydrogens (tertiary/aromatic N) is 1. The Morgan fingerprint density at radius 1 is 1.48 bits per heavy atom. The van der Waals surface area contributed by atoms with Crippen LogP contribution in [-0.2, 0) is 18.6 Å². The van der Waals surface area contributed by atoms with E-state index in [1.807, 2.05) is 0 Å². The van der Waals surface area contributed by atoms with E-state index in [2.05, 4.69) is 9.51 Å². The maximum Gasteiger partial charge on any atom is 0.469 e. The van der Waals surface area contributed by atoms with Gasteiger partial charge >= 0.3 is 13.5 Å². The van der Waals surface area contributed by atoms with E-state index in [0.717, 1.165) is 0 Å². The Hall–Kier alpha value is -1.29. The number of ether oxygens (including phenoxy) is 2. The van der Waals surface area contributed by atoms with Crippen molar-refractivity contribution < 1.29 is 28.3 Å². The Balaban J connectivity index is 2.25. The number of hydrogen-bond acceptors (Lipinski definition) is 6. The van der Waals surface area contributed by atoms with Crippen LogP contribution >= 0.6 is 7.82 Å². The molecule has 0 aromatic carbocycles. The zero-order valence-electron chi connectivity index (χ0n) is 12.8. The second kappa shape index (κ2) is 6.68. The van der Waals surface area contributed by atoms with E-state index in [-0.39, 0.29) is 6.42 Å². The van der Waals surface area contributed by atoms with Crippen molar-refractivity contribution in [3.05, 3.63) is 32.6 Å². The van der Waals surface area contributed by atoms with E-state index >= 15 is 0 Å². The van der Waals surface area contributed by atoms with E-state index in [9.17, 15) is 14.2 Å². The van der Waals surface area contributed by atoms with Crippen LogP contribution in [0.4, 0.5) is 0 Å². The molecule has 0 aliphatic carbocycles. The van der Waals surface area contributed by atoms with Crippen molar-refractivity contribution in [1.82, 2.24) is 9.55 Å². The molecule has 0 spiro atoms. The van der Waals surface area contributed by atoms with E-state index < -0.39 is 43.6 Å². The number of nitrogens with one attached hydrogen (secondary N) is 1. The van der Waals surface area contributed by atoms with Crippen LogP contribution in [0.1, 0.15) is 25.1 Å².